The number of pyridine rings is 1. The minimum Gasteiger partial charge on any atom is -0.506 e. The number of aromatic carboxylic acids is 1. The van der Waals surface area contributed by atoms with Crippen molar-refractivity contribution in [2.24, 2.45) is 7.05 Å². The molecule has 1 aromatic carbocycles. The van der Waals surface area contributed by atoms with Gasteiger partial charge in [-0.15, -0.1) is 12.4 Å². The fourth-order valence-electron chi connectivity index (χ4n) is 3.72. The van der Waals surface area contributed by atoms with Crippen molar-refractivity contribution in [2.75, 3.05) is 13.2 Å². The topological polar surface area (TPSA) is 117 Å². The van der Waals surface area contributed by atoms with Crippen LogP contribution in [0.4, 0.5) is 0 Å². The number of fused-ring (bicyclic) bond motifs is 4. The molecule has 8 nitrogen and oxygen atoms in total. The lowest BCUT2D eigenvalue weighted by Gasteiger charge is -2.12. The van der Waals surface area contributed by atoms with Gasteiger partial charge in [-0.3, -0.25) is 4.79 Å². The summed E-state index contributed by atoms with van der Waals surface area (Å²) in [5.74, 6) is -1.37. The Bertz CT molecular complexity index is 1170. The summed E-state index contributed by atoms with van der Waals surface area (Å²) in [4.78, 5) is 26.2. The highest BCUT2D eigenvalue weighted by Gasteiger charge is 2.26. The molecule has 3 aromatic rings. The van der Waals surface area contributed by atoms with Crippen LogP contribution in [0.15, 0.2) is 23.0 Å². The maximum absolute atomic E-state index is 12.3. The summed E-state index contributed by atoms with van der Waals surface area (Å²) in [6.45, 7) is 3.90. The Morgan fingerprint density at radius 3 is 2.79 bits per heavy atom. The SMILES string of the molecule is CCNCc1cc2cc3c(cc2n1C)OCCc1c-3[nH]c(=O)c(C(=O)O)c1O.Cl. The third-order valence-corrected chi connectivity index (χ3v) is 5.18. The van der Waals surface area contributed by atoms with Crippen LogP contribution in [0.5, 0.6) is 11.5 Å². The van der Waals surface area contributed by atoms with E-state index < -0.39 is 22.8 Å². The van der Waals surface area contributed by atoms with E-state index in [4.69, 9.17) is 4.74 Å². The van der Waals surface area contributed by atoms with Gasteiger partial charge in [0.05, 0.1) is 17.8 Å². The molecule has 1 aliphatic rings. The number of aryl methyl sites for hydroxylation is 1. The molecule has 4 rings (SSSR count). The molecule has 2 aromatic heterocycles. The van der Waals surface area contributed by atoms with E-state index in [-0.39, 0.29) is 25.4 Å². The molecule has 0 radical (unpaired) electrons. The largest absolute Gasteiger partial charge is 0.506 e. The van der Waals surface area contributed by atoms with Crippen molar-refractivity contribution in [3.63, 3.8) is 0 Å². The number of hydrogen-bond acceptors (Lipinski definition) is 5. The van der Waals surface area contributed by atoms with Crippen molar-refractivity contribution in [3.8, 4) is 22.8 Å². The number of halogens is 1. The smallest absolute Gasteiger partial charge is 0.345 e. The molecule has 0 aliphatic carbocycles. The van der Waals surface area contributed by atoms with Crippen molar-refractivity contribution in [1.82, 2.24) is 14.9 Å². The van der Waals surface area contributed by atoms with Gasteiger partial charge in [0, 0.05) is 48.3 Å². The van der Waals surface area contributed by atoms with Crippen molar-refractivity contribution >= 4 is 29.3 Å². The van der Waals surface area contributed by atoms with Crippen molar-refractivity contribution in [2.45, 2.75) is 19.9 Å². The van der Waals surface area contributed by atoms with Crippen LogP contribution in [0, 0.1) is 0 Å². The molecule has 0 bridgehead atoms. The fraction of sp³-hybridized carbons (Fsp3) is 0.300. The third kappa shape index (κ3) is 3.34. The van der Waals surface area contributed by atoms with Crippen molar-refractivity contribution in [3.05, 3.63) is 45.4 Å². The van der Waals surface area contributed by atoms with Crippen LogP contribution >= 0.6 is 12.4 Å². The van der Waals surface area contributed by atoms with Crippen LogP contribution in [0.25, 0.3) is 22.2 Å². The second-order valence-corrected chi connectivity index (χ2v) is 6.82. The van der Waals surface area contributed by atoms with Gasteiger partial charge in [-0.1, -0.05) is 6.92 Å². The highest BCUT2D eigenvalue weighted by molar-refractivity contribution is 5.94. The normalized spacial score (nSPS) is 12.5. The molecule has 4 N–H and O–H groups in total. The molecular formula is C20H22ClN3O5. The lowest BCUT2D eigenvalue weighted by molar-refractivity contribution is 0.0691. The second kappa shape index (κ2) is 7.81. The van der Waals surface area contributed by atoms with Crippen LogP contribution in [-0.4, -0.2) is 38.9 Å². The first-order valence-electron chi connectivity index (χ1n) is 9.10. The zero-order valence-electron chi connectivity index (χ0n) is 16.0. The van der Waals surface area contributed by atoms with E-state index in [1.807, 2.05) is 26.1 Å². The quantitative estimate of drug-likeness (QED) is 0.516. The Labute approximate surface area is 172 Å². The van der Waals surface area contributed by atoms with Gasteiger partial charge in [0.15, 0.2) is 5.56 Å². The first-order valence-corrected chi connectivity index (χ1v) is 9.10. The summed E-state index contributed by atoms with van der Waals surface area (Å²) in [5, 5.41) is 23.9. The number of carboxylic acid groups (broad SMARTS) is 1. The number of benzene rings is 1. The monoisotopic (exact) mass is 419 g/mol. The predicted molar refractivity (Wildman–Crippen MR) is 111 cm³/mol. The van der Waals surface area contributed by atoms with E-state index in [0.717, 1.165) is 29.7 Å². The summed E-state index contributed by atoms with van der Waals surface area (Å²) >= 11 is 0. The predicted octanol–water partition coefficient (Wildman–Crippen LogP) is 2.40. The number of aromatic hydroxyl groups is 1. The molecular weight excluding hydrogens is 398 g/mol. The van der Waals surface area contributed by atoms with Gasteiger partial charge in [-0.05, 0) is 18.7 Å². The van der Waals surface area contributed by atoms with Gasteiger partial charge in [0.1, 0.15) is 11.5 Å². The second-order valence-electron chi connectivity index (χ2n) is 6.82. The van der Waals surface area contributed by atoms with E-state index in [0.29, 0.717) is 22.6 Å². The average Bonchev–Trinajstić information content (AvgIpc) is 2.83. The number of aromatic amines is 1. The van der Waals surface area contributed by atoms with E-state index in [1.54, 1.807) is 0 Å². The minimum absolute atomic E-state index is 0. The Kier molecular flexibility index (Phi) is 5.59. The molecule has 0 saturated carbocycles. The van der Waals surface area contributed by atoms with E-state index >= 15 is 0 Å². The van der Waals surface area contributed by atoms with Crippen LogP contribution in [0.3, 0.4) is 0 Å². The van der Waals surface area contributed by atoms with Crippen LogP contribution in [0.1, 0.15) is 28.5 Å². The number of carbonyl (C=O) groups is 1. The molecule has 1 aliphatic heterocycles. The van der Waals surface area contributed by atoms with Gasteiger partial charge >= 0.3 is 5.97 Å². The number of aromatic nitrogens is 2. The lowest BCUT2D eigenvalue weighted by atomic mass is 9.99. The lowest BCUT2D eigenvalue weighted by Crippen LogP contribution is -2.20. The number of nitrogens with zero attached hydrogens (tertiary/aromatic N) is 1. The number of hydrogen-bond donors (Lipinski definition) is 4. The number of carboxylic acids is 1. The van der Waals surface area contributed by atoms with Gasteiger partial charge in [0.25, 0.3) is 5.56 Å². The fourth-order valence-corrected chi connectivity index (χ4v) is 3.72. The molecule has 3 heterocycles. The highest BCUT2D eigenvalue weighted by atomic mass is 35.5. The van der Waals surface area contributed by atoms with Gasteiger partial charge < -0.3 is 29.8 Å². The Hall–Kier alpha value is -2.97. The first-order chi connectivity index (χ1) is 13.4. The van der Waals surface area contributed by atoms with Gasteiger partial charge in [-0.25, -0.2) is 4.79 Å². The summed E-state index contributed by atoms with van der Waals surface area (Å²) in [6.07, 6.45) is 0.287. The maximum atomic E-state index is 12.3. The van der Waals surface area contributed by atoms with Gasteiger partial charge in [0.2, 0.25) is 0 Å². The third-order valence-electron chi connectivity index (χ3n) is 5.18. The van der Waals surface area contributed by atoms with E-state index in [2.05, 4.69) is 20.9 Å². The molecule has 154 valence electrons. The Morgan fingerprint density at radius 1 is 1.34 bits per heavy atom. The number of ether oxygens (including phenoxy) is 1. The number of rotatable bonds is 4. The van der Waals surface area contributed by atoms with Crippen LogP contribution < -0.4 is 15.6 Å². The average molecular weight is 420 g/mol. The number of nitrogens with one attached hydrogen (secondary N) is 2. The molecule has 0 fully saturated rings. The Balaban J connectivity index is 0.00000240. The van der Waals surface area contributed by atoms with E-state index in [9.17, 15) is 19.8 Å². The van der Waals surface area contributed by atoms with Crippen molar-refractivity contribution < 1.29 is 19.7 Å². The standard InChI is InChI=1S/C20H21N3O5.ClH/c1-3-21-9-11-6-10-7-13-15(8-14(10)23(11)2)28-5-4-12-17(13)22-19(25)16(18(12)24)20(26)27;/h6-8,21H,3-5,9H2,1-2H3,(H,26,27)(H2,22,24,25);1H. The zero-order valence-corrected chi connectivity index (χ0v) is 16.9. The molecule has 0 atom stereocenters. The minimum atomic E-state index is -1.46. The molecule has 0 unspecified atom stereocenters. The first kappa shape index (κ1) is 20.8. The summed E-state index contributed by atoms with van der Waals surface area (Å²) in [7, 11) is 1.99. The summed E-state index contributed by atoms with van der Waals surface area (Å²) < 4.78 is 7.95. The van der Waals surface area contributed by atoms with Gasteiger partial charge in [-0.2, -0.15) is 0 Å². The molecule has 0 saturated heterocycles. The molecule has 29 heavy (non-hydrogen) atoms. The summed E-state index contributed by atoms with van der Waals surface area (Å²) in [6, 6.07) is 5.88. The highest BCUT2D eigenvalue weighted by Crippen LogP contribution is 2.40. The van der Waals surface area contributed by atoms with Crippen LogP contribution in [-0.2, 0) is 20.0 Å². The van der Waals surface area contributed by atoms with Crippen LogP contribution in [0.2, 0.25) is 0 Å². The Morgan fingerprint density at radius 2 is 2.10 bits per heavy atom. The number of H-pyrrole nitrogens is 1. The molecule has 0 spiro atoms. The zero-order chi connectivity index (χ0) is 20.0. The molecule has 0 amide bonds. The summed E-state index contributed by atoms with van der Waals surface area (Å²) in [5.41, 5.74) is 2.02. The van der Waals surface area contributed by atoms with E-state index in [1.165, 1.54) is 0 Å². The molecule has 9 heteroatoms. The maximum Gasteiger partial charge on any atom is 0.345 e. The van der Waals surface area contributed by atoms with Crippen molar-refractivity contribution in [1.29, 1.82) is 0 Å².